The molecule has 1 heterocycles. The number of carbonyl (C=O) groups excluding carboxylic acids is 1. The highest BCUT2D eigenvalue weighted by Crippen LogP contribution is 2.24. The molecule has 0 radical (unpaired) electrons. The summed E-state index contributed by atoms with van der Waals surface area (Å²) in [5, 5.41) is 9.93. The maximum atomic E-state index is 13.4. The van der Waals surface area contributed by atoms with E-state index in [-0.39, 0.29) is 16.6 Å². The summed E-state index contributed by atoms with van der Waals surface area (Å²) < 4.78 is 41.1. The van der Waals surface area contributed by atoms with E-state index in [4.69, 9.17) is 0 Å². The molecule has 4 aromatic rings. The third kappa shape index (κ3) is 6.87. The SMILES string of the molecule is CC(C)(C)NS(=O)(=O)c1ccc(NC(=O)C(Cc2ccccc2)c2nc(-c3ccc(F)cc3)n[nH]2)cc1. The molecule has 0 saturated carbocycles. The Morgan fingerprint density at radius 3 is 2.24 bits per heavy atom. The number of carbonyl (C=O) groups is 1. The van der Waals surface area contributed by atoms with Gasteiger partial charge in [-0.1, -0.05) is 30.3 Å². The highest BCUT2D eigenvalue weighted by Gasteiger charge is 2.26. The number of nitrogens with zero attached hydrogens (tertiary/aromatic N) is 2. The zero-order chi connectivity index (χ0) is 26.6. The van der Waals surface area contributed by atoms with Crippen molar-refractivity contribution in [2.45, 2.75) is 43.5 Å². The highest BCUT2D eigenvalue weighted by molar-refractivity contribution is 7.89. The van der Waals surface area contributed by atoms with Crippen LogP contribution in [-0.4, -0.2) is 35.0 Å². The van der Waals surface area contributed by atoms with Crippen molar-refractivity contribution in [1.82, 2.24) is 19.9 Å². The summed E-state index contributed by atoms with van der Waals surface area (Å²) in [6.07, 6.45) is 0.354. The number of sulfonamides is 1. The Kier molecular flexibility index (Phi) is 7.51. The van der Waals surface area contributed by atoms with Crippen LogP contribution in [-0.2, 0) is 21.2 Å². The molecule has 0 bridgehead atoms. The molecule has 0 aliphatic heterocycles. The Balaban J connectivity index is 1.57. The van der Waals surface area contributed by atoms with Gasteiger partial charge >= 0.3 is 0 Å². The van der Waals surface area contributed by atoms with Crippen LogP contribution < -0.4 is 10.0 Å². The largest absolute Gasteiger partial charge is 0.325 e. The van der Waals surface area contributed by atoms with E-state index in [1.807, 2.05) is 30.3 Å². The molecule has 1 atom stereocenters. The second-order valence-corrected chi connectivity index (χ2v) is 11.3. The van der Waals surface area contributed by atoms with Crippen LogP contribution in [0.1, 0.15) is 38.1 Å². The molecule has 37 heavy (non-hydrogen) atoms. The van der Waals surface area contributed by atoms with E-state index < -0.39 is 21.5 Å². The van der Waals surface area contributed by atoms with E-state index in [2.05, 4.69) is 25.2 Å². The van der Waals surface area contributed by atoms with Gasteiger partial charge in [0.2, 0.25) is 15.9 Å². The van der Waals surface area contributed by atoms with E-state index in [1.54, 1.807) is 45.0 Å². The topological polar surface area (TPSA) is 117 Å². The predicted octanol–water partition coefficient (Wildman–Crippen LogP) is 4.65. The smallest absolute Gasteiger partial charge is 0.241 e. The lowest BCUT2D eigenvalue weighted by atomic mass is 9.97. The first-order chi connectivity index (χ1) is 17.5. The van der Waals surface area contributed by atoms with Crippen molar-refractivity contribution >= 4 is 21.6 Å². The Morgan fingerprint density at radius 2 is 1.62 bits per heavy atom. The molecule has 0 spiro atoms. The third-order valence-electron chi connectivity index (χ3n) is 5.41. The maximum Gasteiger partial charge on any atom is 0.241 e. The molecule has 1 unspecified atom stereocenters. The number of halogens is 1. The van der Waals surface area contributed by atoms with Gasteiger partial charge in [-0.15, -0.1) is 0 Å². The molecule has 1 aromatic heterocycles. The van der Waals surface area contributed by atoms with Gasteiger partial charge in [-0.05, 0) is 81.3 Å². The van der Waals surface area contributed by atoms with E-state index in [9.17, 15) is 17.6 Å². The minimum atomic E-state index is -3.70. The van der Waals surface area contributed by atoms with Crippen molar-refractivity contribution in [1.29, 1.82) is 0 Å². The summed E-state index contributed by atoms with van der Waals surface area (Å²) in [5.74, 6) is -0.714. The van der Waals surface area contributed by atoms with Crippen LogP contribution in [0.4, 0.5) is 10.1 Å². The average Bonchev–Trinajstić information content (AvgIpc) is 3.32. The number of anilines is 1. The Morgan fingerprint density at radius 1 is 0.973 bits per heavy atom. The number of benzene rings is 3. The molecule has 192 valence electrons. The average molecular weight is 522 g/mol. The summed E-state index contributed by atoms with van der Waals surface area (Å²) >= 11 is 0. The second-order valence-electron chi connectivity index (χ2n) is 9.66. The zero-order valence-corrected chi connectivity index (χ0v) is 21.5. The lowest BCUT2D eigenvalue weighted by molar-refractivity contribution is -0.117. The highest BCUT2D eigenvalue weighted by atomic mass is 32.2. The van der Waals surface area contributed by atoms with E-state index >= 15 is 0 Å². The van der Waals surface area contributed by atoms with Crippen molar-refractivity contribution in [2.24, 2.45) is 0 Å². The molecule has 8 nitrogen and oxygen atoms in total. The van der Waals surface area contributed by atoms with E-state index in [0.29, 0.717) is 29.3 Å². The van der Waals surface area contributed by atoms with E-state index in [1.165, 1.54) is 24.3 Å². The normalized spacial score (nSPS) is 12.8. The van der Waals surface area contributed by atoms with Crippen LogP contribution in [0.3, 0.4) is 0 Å². The number of hydrogen-bond donors (Lipinski definition) is 3. The molecule has 4 rings (SSSR count). The van der Waals surface area contributed by atoms with Crippen molar-refractivity contribution in [2.75, 3.05) is 5.32 Å². The van der Waals surface area contributed by atoms with Crippen LogP contribution >= 0.6 is 0 Å². The molecule has 3 aromatic carbocycles. The van der Waals surface area contributed by atoms with Gasteiger partial charge in [0.25, 0.3) is 0 Å². The summed E-state index contributed by atoms with van der Waals surface area (Å²) in [4.78, 5) is 18.0. The molecule has 0 aliphatic rings. The van der Waals surface area contributed by atoms with Gasteiger partial charge in [-0.3, -0.25) is 9.89 Å². The number of H-pyrrole nitrogens is 1. The zero-order valence-electron chi connectivity index (χ0n) is 20.7. The van der Waals surface area contributed by atoms with E-state index in [0.717, 1.165) is 5.56 Å². The number of aromatic amines is 1. The molecule has 0 fully saturated rings. The van der Waals surface area contributed by atoms with Crippen LogP contribution in [0.2, 0.25) is 0 Å². The molecule has 1 amide bonds. The van der Waals surface area contributed by atoms with Crippen molar-refractivity contribution in [3.63, 3.8) is 0 Å². The van der Waals surface area contributed by atoms with Gasteiger partial charge < -0.3 is 5.32 Å². The standard InChI is InChI=1S/C27H28FN5O3S/c1-27(2,3)33-37(35,36)22-15-13-21(14-16-22)29-26(34)23(17-18-7-5-4-6-8-18)25-30-24(31-32-25)19-9-11-20(28)12-10-19/h4-16,23,33H,17H2,1-3H3,(H,29,34)(H,30,31,32). The van der Waals surface area contributed by atoms with Gasteiger partial charge in [0.1, 0.15) is 17.6 Å². The van der Waals surface area contributed by atoms with Crippen LogP contribution in [0.5, 0.6) is 0 Å². The molecular formula is C27H28FN5O3S. The molecular weight excluding hydrogens is 493 g/mol. The van der Waals surface area contributed by atoms with Crippen LogP contribution in [0.15, 0.2) is 83.8 Å². The number of hydrogen-bond acceptors (Lipinski definition) is 5. The van der Waals surface area contributed by atoms with Crippen molar-refractivity contribution in [3.8, 4) is 11.4 Å². The van der Waals surface area contributed by atoms with Gasteiger partial charge in [0.15, 0.2) is 5.82 Å². The fraction of sp³-hybridized carbons (Fsp3) is 0.222. The summed E-state index contributed by atoms with van der Waals surface area (Å²) in [6.45, 7) is 5.28. The number of aromatic nitrogens is 3. The molecule has 0 aliphatic carbocycles. The van der Waals surface area contributed by atoms with Gasteiger partial charge in [-0.25, -0.2) is 22.5 Å². The fourth-order valence-corrected chi connectivity index (χ4v) is 5.15. The minimum absolute atomic E-state index is 0.0976. The van der Waals surface area contributed by atoms with Crippen LogP contribution in [0, 0.1) is 5.82 Å². The number of amides is 1. The Bertz CT molecular complexity index is 1460. The van der Waals surface area contributed by atoms with Crippen molar-refractivity contribution in [3.05, 3.63) is 96.1 Å². The monoisotopic (exact) mass is 521 g/mol. The van der Waals surface area contributed by atoms with Gasteiger partial charge in [0.05, 0.1) is 4.90 Å². The lowest BCUT2D eigenvalue weighted by Crippen LogP contribution is -2.40. The summed E-state index contributed by atoms with van der Waals surface area (Å²) in [5.41, 5.74) is 1.36. The first-order valence-corrected chi connectivity index (χ1v) is 13.2. The first kappa shape index (κ1) is 26.2. The fourth-order valence-electron chi connectivity index (χ4n) is 3.73. The maximum absolute atomic E-state index is 13.4. The van der Waals surface area contributed by atoms with Gasteiger partial charge in [0, 0.05) is 16.8 Å². The Labute approximate surface area is 215 Å². The van der Waals surface area contributed by atoms with Gasteiger partial charge in [-0.2, -0.15) is 5.10 Å². The third-order valence-corrected chi connectivity index (χ3v) is 7.18. The molecule has 3 N–H and O–H groups in total. The second kappa shape index (κ2) is 10.6. The van der Waals surface area contributed by atoms with Crippen LogP contribution in [0.25, 0.3) is 11.4 Å². The number of nitrogens with one attached hydrogen (secondary N) is 3. The quantitative estimate of drug-likeness (QED) is 0.312. The number of rotatable bonds is 8. The predicted molar refractivity (Wildman–Crippen MR) is 140 cm³/mol. The lowest BCUT2D eigenvalue weighted by Gasteiger charge is -2.20. The van der Waals surface area contributed by atoms with Crippen molar-refractivity contribution < 1.29 is 17.6 Å². The first-order valence-electron chi connectivity index (χ1n) is 11.7. The molecule has 10 heteroatoms. The minimum Gasteiger partial charge on any atom is -0.325 e. The Hall–Kier alpha value is -3.89. The summed E-state index contributed by atoms with van der Waals surface area (Å²) in [7, 11) is -3.70. The summed E-state index contributed by atoms with van der Waals surface area (Å²) in [6, 6.07) is 21.2. The molecule has 0 saturated heterocycles.